The van der Waals surface area contributed by atoms with Crippen LogP contribution in [0.2, 0.25) is 4.44 Å². The number of unbranched alkanes of at least 4 members (excludes halogenated alkanes) is 8. The van der Waals surface area contributed by atoms with Gasteiger partial charge in [-0.2, -0.15) is 0 Å². The van der Waals surface area contributed by atoms with Crippen molar-refractivity contribution in [1.29, 1.82) is 0 Å². The van der Waals surface area contributed by atoms with Crippen LogP contribution in [-0.2, 0) is 4.74 Å². The summed E-state index contributed by atoms with van der Waals surface area (Å²) < 4.78 is 17.5. The Balaban J connectivity index is 1.84. The van der Waals surface area contributed by atoms with E-state index in [9.17, 15) is 3.44 Å². The zero-order valence-electron chi connectivity index (χ0n) is 12.9. The van der Waals surface area contributed by atoms with Crippen molar-refractivity contribution in [2.24, 2.45) is 0 Å². The predicted octanol–water partition coefficient (Wildman–Crippen LogP) is 4.34. The third-order valence-electron chi connectivity index (χ3n) is 4.25. The molecule has 1 rings (SSSR count). The number of hydrogen-bond acceptors (Lipinski definition) is 2. The summed E-state index contributed by atoms with van der Waals surface area (Å²) in [4.78, 5) is 0. The molecule has 1 aliphatic heterocycles. The van der Waals surface area contributed by atoms with Crippen molar-refractivity contribution < 1.29 is 8.18 Å². The summed E-state index contributed by atoms with van der Waals surface area (Å²) in [5, 5.41) is 0. The zero-order valence-corrected chi connectivity index (χ0v) is 16.2. The van der Waals surface area contributed by atoms with E-state index < -0.39 is 20.2 Å². The second kappa shape index (κ2) is 12.5. The monoisotopic (exact) mass is 378 g/mol. The van der Waals surface area contributed by atoms with E-state index in [1.165, 1.54) is 70.6 Å². The molecule has 1 aliphatic rings. The van der Waals surface area contributed by atoms with Gasteiger partial charge in [0.25, 0.3) is 0 Å². The van der Waals surface area contributed by atoms with E-state index in [-0.39, 0.29) is 0 Å². The number of rotatable bonds is 11. The molecule has 3 heteroatoms. The Morgan fingerprint density at radius 3 is 2.16 bits per heavy atom. The second-order valence-electron chi connectivity index (χ2n) is 6.09. The van der Waals surface area contributed by atoms with Crippen LogP contribution in [0.1, 0.15) is 84.0 Å². The van der Waals surface area contributed by atoms with Gasteiger partial charge in [0.15, 0.2) is 0 Å². The van der Waals surface area contributed by atoms with E-state index >= 15 is 0 Å². The SMILES string of the molecule is CCCCCCCCCC[CH2][SnH]([OH])[CH]1CCCCO1. The van der Waals surface area contributed by atoms with Gasteiger partial charge in [-0.15, -0.1) is 0 Å². The molecule has 2 nitrogen and oxygen atoms in total. The van der Waals surface area contributed by atoms with Gasteiger partial charge in [-0.1, -0.05) is 0 Å². The summed E-state index contributed by atoms with van der Waals surface area (Å²) in [6.45, 7) is 3.17. The molecule has 1 fully saturated rings. The summed E-state index contributed by atoms with van der Waals surface area (Å²) in [6, 6.07) is 0. The van der Waals surface area contributed by atoms with Gasteiger partial charge in [-0.05, 0) is 0 Å². The standard InChI is InChI=1S/C11H23.C5H9O.H2O.Sn.H/c1-3-5-7-9-11-10-8-6-4-2;1-2-4-6-5-3-1;;;/h1,3-11H2,2H3;4H,1-3,5H2;1H2;;/q;;;+1;/p-1. The predicted molar refractivity (Wildman–Crippen MR) is 85.0 cm³/mol. The Morgan fingerprint density at radius 2 is 1.58 bits per heavy atom. The van der Waals surface area contributed by atoms with Crippen molar-refractivity contribution in [3.63, 3.8) is 0 Å². The molecule has 2 atom stereocenters. The molecule has 0 bridgehead atoms. The third kappa shape index (κ3) is 9.30. The molecule has 0 saturated carbocycles. The summed E-state index contributed by atoms with van der Waals surface area (Å²) in [7, 11) is 0. The molecule has 19 heavy (non-hydrogen) atoms. The first-order chi connectivity index (χ1) is 9.34. The number of hydrogen-bond donors (Lipinski definition) is 1. The minimum atomic E-state index is -2.28. The molecular weight excluding hydrogens is 343 g/mol. The van der Waals surface area contributed by atoms with Gasteiger partial charge in [0.05, 0.1) is 0 Å². The molecule has 1 N–H and O–H groups in total. The fourth-order valence-corrected chi connectivity index (χ4v) is 8.79. The first-order valence-corrected chi connectivity index (χ1v) is 14.3. The van der Waals surface area contributed by atoms with E-state index in [4.69, 9.17) is 4.74 Å². The Hall–Kier alpha value is 0.719. The van der Waals surface area contributed by atoms with Crippen LogP contribution in [-0.4, -0.2) is 34.3 Å². The maximum absolute atomic E-state index is 10.3. The molecule has 0 radical (unpaired) electrons. The molecule has 0 spiro atoms. The van der Waals surface area contributed by atoms with E-state index in [1.54, 1.807) is 0 Å². The molecule has 114 valence electrons. The summed E-state index contributed by atoms with van der Waals surface area (Å²) in [6.07, 6.45) is 16.0. The van der Waals surface area contributed by atoms with Crippen LogP contribution in [0.4, 0.5) is 0 Å². The zero-order chi connectivity index (χ0) is 13.8. The molecule has 0 aromatic rings. The Morgan fingerprint density at radius 1 is 0.947 bits per heavy atom. The molecule has 0 amide bonds. The van der Waals surface area contributed by atoms with Gasteiger partial charge >= 0.3 is 127 Å². The van der Waals surface area contributed by atoms with Crippen LogP contribution in [0.25, 0.3) is 0 Å². The molecule has 0 aromatic heterocycles. The first-order valence-electron chi connectivity index (χ1n) is 8.64. The summed E-state index contributed by atoms with van der Waals surface area (Å²) in [5.74, 6) is 0. The maximum atomic E-state index is 10.3. The molecule has 0 aromatic carbocycles. The summed E-state index contributed by atoms with van der Waals surface area (Å²) in [5.41, 5.74) is 0. The fraction of sp³-hybridized carbons (Fsp3) is 1.00. The topological polar surface area (TPSA) is 29.5 Å². The van der Waals surface area contributed by atoms with Crippen molar-refractivity contribution >= 4 is 20.2 Å². The van der Waals surface area contributed by atoms with Crippen LogP contribution < -0.4 is 0 Å². The van der Waals surface area contributed by atoms with Crippen LogP contribution in [0.5, 0.6) is 0 Å². The van der Waals surface area contributed by atoms with E-state index in [1.807, 2.05) is 0 Å². The normalized spacial score (nSPS) is 21.5. The Labute approximate surface area is 127 Å². The molecule has 2 unspecified atom stereocenters. The number of ether oxygens (including phenoxy) is 1. The molecular formula is C16H34O2Sn. The van der Waals surface area contributed by atoms with Gasteiger partial charge in [0, 0.05) is 0 Å². The van der Waals surface area contributed by atoms with E-state index in [0.717, 1.165) is 17.5 Å². The average molecular weight is 377 g/mol. The molecule has 1 heterocycles. The van der Waals surface area contributed by atoms with Crippen molar-refractivity contribution in [2.75, 3.05) is 6.61 Å². The van der Waals surface area contributed by atoms with Gasteiger partial charge < -0.3 is 0 Å². The fourth-order valence-electron chi connectivity index (χ4n) is 2.92. The molecule has 0 aliphatic carbocycles. The first kappa shape index (κ1) is 17.8. The average Bonchev–Trinajstić information content (AvgIpc) is 2.46. The minimum absolute atomic E-state index is 0.338. The van der Waals surface area contributed by atoms with Crippen molar-refractivity contribution in [2.45, 2.75) is 92.5 Å². The van der Waals surface area contributed by atoms with Gasteiger partial charge in [-0.3, -0.25) is 0 Å². The third-order valence-corrected chi connectivity index (χ3v) is 11.1. The Kier molecular flexibility index (Phi) is 11.7. The van der Waals surface area contributed by atoms with Crippen molar-refractivity contribution in [3.8, 4) is 0 Å². The quantitative estimate of drug-likeness (QED) is 0.429. The molecule has 1 saturated heterocycles. The van der Waals surface area contributed by atoms with E-state index in [0.29, 0.717) is 4.12 Å². The van der Waals surface area contributed by atoms with Gasteiger partial charge in [-0.25, -0.2) is 0 Å². The van der Waals surface area contributed by atoms with Crippen LogP contribution in [0.3, 0.4) is 0 Å². The van der Waals surface area contributed by atoms with Gasteiger partial charge in [0.2, 0.25) is 0 Å². The second-order valence-corrected chi connectivity index (χ2v) is 13.1. The van der Waals surface area contributed by atoms with Gasteiger partial charge in [0.1, 0.15) is 0 Å². The van der Waals surface area contributed by atoms with E-state index in [2.05, 4.69) is 6.92 Å². The van der Waals surface area contributed by atoms with Crippen LogP contribution in [0.15, 0.2) is 0 Å². The Bertz CT molecular complexity index is 193. The summed E-state index contributed by atoms with van der Waals surface area (Å²) >= 11 is -2.28. The van der Waals surface area contributed by atoms with Crippen molar-refractivity contribution in [1.82, 2.24) is 0 Å². The van der Waals surface area contributed by atoms with Crippen LogP contribution in [0, 0.1) is 0 Å². The van der Waals surface area contributed by atoms with Crippen molar-refractivity contribution in [3.05, 3.63) is 0 Å². The van der Waals surface area contributed by atoms with Crippen LogP contribution >= 0.6 is 0 Å².